The molecule has 3 amide bonds. The van der Waals surface area contributed by atoms with Gasteiger partial charge in [-0.05, 0) is 73.5 Å². The van der Waals surface area contributed by atoms with Crippen molar-refractivity contribution < 1.29 is 14.4 Å². The molecule has 0 bridgehead atoms. The predicted molar refractivity (Wildman–Crippen MR) is 131 cm³/mol. The van der Waals surface area contributed by atoms with Crippen LogP contribution >= 0.6 is 23.2 Å². The summed E-state index contributed by atoms with van der Waals surface area (Å²) in [6.07, 6.45) is 0. The van der Waals surface area contributed by atoms with Crippen LogP contribution in [0.5, 0.6) is 0 Å². The first-order valence-electron chi connectivity index (χ1n) is 10.0. The van der Waals surface area contributed by atoms with Crippen molar-refractivity contribution in [3.8, 4) is 0 Å². The van der Waals surface area contributed by atoms with E-state index in [0.717, 1.165) is 16.0 Å². The van der Waals surface area contributed by atoms with Gasteiger partial charge in [0.25, 0.3) is 17.7 Å². The fourth-order valence-corrected chi connectivity index (χ4v) is 4.00. The molecule has 3 aromatic rings. The summed E-state index contributed by atoms with van der Waals surface area (Å²) in [5.41, 5.74) is 3.94. The molecule has 0 spiro atoms. The van der Waals surface area contributed by atoms with E-state index in [1.807, 2.05) is 32.0 Å². The van der Waals surface area contributed by atoms with Gasteiger partial charge >= 0.3 is 0 Å². The van der Waals surface area contributed by atoms with Crippen LogP contribution in [0.3, 0.4) is 0 Å². The molecule has 1 aliphatic heterocycles. The Bertz CT molecular complexity index is 1300. The molecule has 0 saturated carbocycles. The molecule has 0 aliphatic carbocycles. The fourth-order valence-electron chi connectivity index (χ4n) is 3.56. The smallest absolute Gasteiger partial charge is 0.283 e. The highest BCUT2D eigenvalue weighted by Gasteiger charge is 2.39. The van der Waals surface area contributed by atoms with Crippen LogP contribution in [0.2, 0.25) is 5.02 Å². The minimum absolute atomic E-state index is 0.0611. The molecular weight excluding hydrogens is 461 g/mol. The number of hydrogen-bond acceptors (Lipinski definition) is 4. The average molecular weight is 480 g/mol. The van der Waals surface area contributed by atoms with E-state index in [1.54, 1.807) is 48.5 Å². The normalized spacial score (nSPS) is 13.5. The number of amides is 3. The van der Waals surface area contributed by atoms with E-state index in [0.29, 0.717) is 16.9 Å². The maximum Gasteiger partial charge on any atom is 0.283 e. The van der Waals surface area contributed by atoms with E-state index in [4.69, 9.17) is 23.2 Å². The number of nitrogens with zero attached hydrogens (tertiary/aromatic N) is 1. The second kappa shape index (κ2) is 9.10. The SMILES string of the molecule is Cc1cc(C)cc(NC(=O)c2ccc(NC3=C(Cl)C(=O)N(c4ccccc4Cl)C3=O)cc2)c1. The summed E-state index contributed by atoms with van der Waals surface area (Å²) in [7, 11) is 0. The summed E-state index contributed by atoms with van der Waals surface area (Å²) in [6, 6.07) is 18.8. The summed E-state index contributed by atoms with van der Waals surface area (Å²) in [4.78, 5) is 39.0. The molecule has 3 aromatic carbocycles. The summed E-state index contributed by atoms with van der Waals surface area (Å²) >= 11 is 12.3. The zero-order chi connectivity index (χ0) is 23.7. The minimum Gasteiger partial charge on any atom is -0.350 e. The Morgan fingerprint density at radius 3 is 2.09 bits per heavy atom. The number of para-hydroxylation sites is 1. The summed E-state index contributed by atoms with van der Waals surface area (Å²) < 4.78 is 0. The fraction of sp³-hybridized carbons (Fsp3) is 0.0800. The highest BCUT2D eigenvalue weighted by atomic mass is 35.5. The van der Waals surface area contributed by atoms with Crippen molar-refractivity contribution in [1.82, 2.24) is 0 Å². The van der Waals surface area contributed by atoms with Gasteiger partial charge in [-0.1, -0.05) is 41.4 Å². The number of hydrogen-bond donors (Lipinski definition) is 2. The van der Waals surface area contributed by atoms with Gasteiger partial charge in [0.05, 0.1) is 10.7 Å². The number of carbonyl (C=O) groups is 3. The highest BCUT2D eigenvalue weighted by Crippen LogP contribution is 2.34. The van der Waals surface area contributed by atoms with Gasteiger partial charge in [-0.25, -0.2) is 4.90 Å². The van der Waals surface area contributed by atoms with Gasteiger partial charge in [-0.3, -0.25) is 14.4 Å². The van der Waals surface area contributed by atoms with Gasteiger partial charge in [-0.2, -0.15) is 0 Å². The summed E-state index contributed by atoms with van der Waals surface area (Å²) in [5.74, 6) is -1.54. The lowest BCUT2D eigenvalue weighted by molar-refractivity contribution is -0.120. The quantitative estimate of drug-likeness (QED) is 0.463. The van der Waals surface area contributed by atoms with E-state index >= 15 is 0 Å². The van der Waals surface area contributed by atoms with Gasteiger partial charge in [0.15, 0.2) is 0 Å². The highest BCUT2D eigenvalue weighted by molar-refractivity contribution is 6.53. The van der Waals surface area contributed by atoms with Crippen LogP contribution in [-0.2, 0) is 9.59 Å². The Balaban J connectivity index is 1.49. The number of carbonyl (C=O) groups excluding carboxylic acids is 3. The Kier molecular flexibility index (Phi) is 6.22. The lowest BCUT2D eigenvalue weighted by Gasteiger charge is -2.16. The summed E-state index contributed by atoms with van der Waals surface area (Å²) in [6.45, 7) is 3.93. The van der Waals surface area contributed by atoms with E-state index in [9.17, 15) is 14.4 Å². The second-order valence-corrected chi connectivity index (χ2v) is 8.40. The first-order chi connectivity index (χ1) is 15.7. The van der Waals surface area contributed by atoms with Crippen molar-refractivity contribution in [2.75, 3.05) is 15.5 Å². The molecule has 1 aliphatic rings. The van der Waals surface area contributed by atoms with Gasteiger partial charge in [0.2, 0.25) is 0 Å². The molecule has 8 heteroatoms. The van der Waals surface area contributed by atoms with Crippen LogP contribution in [0, 0.1) is 13.8 Å². The molecule has 0 saturated heterocycles. The topological polar surface area (TPSA) is 78.5 Å². The zero-order valence-electron chi connectivity index (χ0n) is 17.8. The van der Waals surface area contributed by atoms with E-state index in [1.165, 1.54) is 0 Å². The molecule has 0 fully saturated rings. The Morgan fingerprint density at radius 1 is 0.818 bits per heavy atom. The van der Waals surface area contributed by atoms with Gasteiger partial charge in [0.1, 0.15) is 10.7 Å². The van der Waals surface area contributed by atoms with Crippen molar-refractivity contribution in [1.29, 1.82) is 0 Å². The molecular formula is C25H19Cl2N3O3. The lowest BCUT2D eigenvalue weighted by atomic mass is 10.1. The minimum atomic E-state index is -0.665. The molecule has 1 heterocycles. The van der Waals surface area contributed by atoms with E-state index < -0.39 is 11.8 Å². The second-order valence-electron chi connectivity index (χ2n) is 7.62. The predicted octanol–water partition coefficient (Wildman–Crippen LogP) is 5.64. The van der Waals surface area contributed by atoms with Gasteiger partial charge < -0.3 is 10.6 Å². The third-order valence-electron chi connectivity index (χ3n) is 5.02. The number of nitrogens with one attached hydrogen (secondary N) is 2. The first kappa shape index (κ1) is 22.6. The van der Waals surface area contributed by atoms with Gasteiger partial charge in [-0.15, -0.1) is 0 Å². The van der Waals surface area contributed by atoms with Crippen LogP contribution < -0.4 is 15.5 Å². The Hall–Kier alpha value is -3.61. The largest absolute Gasteiger partial charge is 0.350 e. The third kappa shape index (κ3) is 4.62. The number of imide groups is 1. The average Bonchev–Trinajstić information content (AvgIpc) is 2.97. The van der Waals surface area contributed by atoms with Crippen molar-refractivity contribution in [3.05, 3.63) is 99.2 Å². The number of anilines is 3. The van der Waals surface area contributed by atoms with Crippen LogP contribution in [-0.4, -0.2) is 17.7 Å². The standard InChI is InChI=1S/C25H19Cl2N3O3/c1-14-11-15(2)13-18(12-14)29-23(31)16-7-9-17(10-8-16)28-22-21(27)24(32)30(25(22)33)20-6-4-3-5-19(20)26/h3-13,28H,1-2H3,(H,29,31). The van der Waals surface area contributed by atoms with Crippen LogP contribution in [0.4, 0.5) is 17.1 Å². The number of benzene rings is 3. The number of aryl methyl sites for hydroxylation is 2. The first-order valence-corrected chi connectivity index (χ1v) is 10.8. The number of rotatable bonds is 5. The molecule has 0 unspecified atom stereocenters. The van der Waals surface area contributed by atoms with Crippen molar-refractivity contribution >= 4 is 58.0 Å². The molecule has 2 N–H and O–H groups in total. The Morgan fingerprint density at radius 2 is 1.45 bits per heavy atom. The van der Waals surface area contributed by atoms with Crippen molar-refractivity contribution in [2.24, 2.45) is 0 Å². The van der Waals surface area contributed by atoms with Crippen molar-refractivity contribution in [2.45, 2.75) is 13.8 Å². The third-order valence-corrected chi connectivity index (χ3v) is 5.69. The van der Waals surface area contributed by atoms with E-state index in [2.05, 4.69) is 10.6 Å². The van der Waals surface area contributed by atoms with E-state index in [-0.39, 0.29) is 27.3 Å². The summed E-state index contributed by atoms with van der Waals surface area (Å²) in [5, 5.41) is 5.77. The monoisotopic (exact) mass is 479 g/mol. The maximum atomic E-state index is 12.9. The van der Waals surface area contributed by atoms with Crippen LogP contribution in [0.25, 0.3) is 0 Å². The number of halogens is 2. The Labute approximate surface area is 200 Å². The van der Waals surface area contributed by atoms with Crippen LogP contribution in [0.1, 0.15) is 21.5 Å². The van der Waals surface area contributed by atoms with Crippen molar-refractivity contribution in [3.63, 3.8) is 0 Å². The molecule has 166 valence electrons. The van der Waals surface area contributed by atoms with Gasteiger partial charge in [0, 0.05) is 16.9 Å². The molecule has 4 rings (SSSR count). The molecule has 0 aromatic heterocycles. The zero-order valence-corrected chi connectivity index (χ0v) is 19.3. The molecule has 6 nitrogen and oxygen atoms in total. The maximum absolute atomic E-state index is 12.9. The molecule has 0 radical (unpaired) electrons. The lowest BCUT2D eigenvalue weighted by Crippen LogP contribution is -2.32. The molecule has 0 atom stereocenters. The van der Waals surface area contributed by atoms with Crippen LogP contribution in [0.15, 0.2) is 77.5 Å². The molecule has 33 heavy (non-hydrogen) atoms.